The first kappa shape index (κ1) is 12.4. The number of primary amides is 1. The van der Waals surface area contributed by atoms with Crippen LogP contribution >= 0.6 is 0 Å². The molecule has 0 spiro atoms. The van der Waals surface area contributed by atoms with Crippen molar-refractivity contribution >= 4 is 15.7 Å². The van der Waals surface area contributed by atoms with E-state index >= 15 is 0 Å². The van der Waals surface area contributed by atoms with E-state index in [0.717, 1.165) is 6.26 Å². The summed E-state index contributed by atoms with van der Waals surface area (Å²) in [6.07, 6.45) is 1.08. The summed E-state index contributed by atoms with van der Waals surface area (Å²) in [4.78, 5) is 10.9. The van der Waals surface area contributed by atoms with Gasteiger partial charge in [-0.25, -0.2) is 8.42 Å². The molecule has 0 saturated carbocycles. The minimum atomic E-state index is -3.32. The van der Waals surface area contributed by atoms with E-state index in [1.54, 1.807) is 0 Å². The van der Waals surface area contributed by atoms with Gasteiger partial charge in [0.1, 0.15) is 6.04 Å². The minimum absolute atomic E-state index is 0.669. The third-order valence-corrected chi connectivity index (χ3v) is 4.37. The highest BCUT2D eigenvalue weighted by atomic mass is 32.2. The topological polar surface area (TPSA) is 89.3 Å². The predicted octanol–water partition coefficient (Wildman–Crippen LogP) is -1.12. The Bertz CT molecular complexity index is 295. The summed E-state index contributed by atoms with van der Waals surface area (Å²) in [5.74, 6) is -0.669. The largest absolute Gasteiger partial charge is 0.368 e. The van der Waals surface area contributed by atoms with E-state index in [9.17, 15) is 13.2 Å². The number of nitrogens with one attached hydrogen (secondary N) is 1. The molecule has 6 heteroatoms. The van der Waals surface area contributed by atoms with Crippen molar-refractivity contribution in [1.29, 1.82) is 0 Å². The third kappa shape index (κ3) is 2.41. The summed E-state index contributed by atoms with van der Waals surface area (Å²) < 4.78 is 21.4. The van der Waals surface area contributed by atoms with Gasteiger partial charge in [-0.2, -0.15) is 0 Å². The maximum absolute atomic E-state index is 11.3. The van der Waals surface area contributed by atoms with Crippen molar-refractivity contribution in [2.75, 3.05) is 13.3 Å². The molecule has 5 nitrogen and oxygen atoms in total. The smallest absolute Gasteiger partial charge is 0.236 e. The van der Waals surface area contributed by atoms with Gasteiger partial charge in [0, 0.05) is 6.26 Å². The van der Waals surface area contributed by atoms with E-state index in [-0.39, 0.29) is 0 Å². The average Bonchev–Trinajstić information content (AvgIpc) is 1.83. The van der Waals surface area contributed by atoms with Crippen LogP contribution in [0.5, 0.6) is 0 Å². The zero-order valence-corrected chi connectivity index (χ0v) is 9.10. The Kier molecular flexibility index (Phi) is 3.46. The molecule has 78 valence electrons. The van der Waals surface area contributed by atoms with Crippen LogP contribution in [0.2, 0.25) is 0 Å². The van der Waals surface area contributed by atoms with Gasteiger partial charge < -0.3 is 11.1 Å². The predicted molar refractivity (Wildman–Crippen MR) is 51.0 cm³/mol. The Morgan fingerprint density at radius 2 is 1.85 bits per heavy atom. The summed E-state index contributed by atoms with van der Waals surface area (Å²) in [7, 11) is -1.82. The zero-order valence-electron chi connectivity index (χ0n) is 8.29. The zero-order chi connectivity index (χ0) is 10.9. The Balaban J connectivity index is 5.13. The highest BCUT2D eigenvalue weighted by Crippen LogP contribution is 2.19. The standard InChI is InChI=1S/C7H16N2O3S/c1-7(2,13(4,11)12)5(9-3)6(8)10/h5,9H,1-4H3,(H2,8,10)/t5-/m1/s1. The molecule has 0 unspecified atom stereocenters. The molecular formula is C7H16N2O3S. The average molecular weight is 208 g/mol. The summed E-state index contributed by atoms with van der Waals surface area (Å²) in [6.45, 7) is 2.93. The lowest BCUT2D eigenvalue weighted by Gasteiger charge is -2.29. The molecule has 0 heterocycles. The van der Waals surface area contributed by atoms with Gasteiger partial charge in [-0.05, 0) is 20.9 Å². The van der Waals surface area contributed by atoms with Gasteiger partial charge in [0.2, 0.25) is 5.91 Å². The second-order valence-electron chi connectivity index (χ2n) is 3.50. The molecule has 0 aromatic carbocycles. The maximum atomic E-state index is 11.3. The second-order valence-corrected chi connectivity index (χ2v) is 6.10. The number of sulfone groups is 1. The Morgan fingerprint density at radius 1 is 1.46 bits per heavy atom. The van der Waals surface area contributed by atoms with Crippen molar-refractivity contribution in [3.8, 4) is 0 Å². The number of likely N-dealkylation sites (N-methyl/N-ethyl adjacent to an activating group) is 1. The molecular weight excluding hydrogens is 192 g/mol. The fourth-order valence-corrected chi connectivity index (χ4v) is 1.71. The maximum Gasteiger partial charge on any atom is 0.236 e. The van der Waals surface area contributed by atoms with Crippen LogP contribution in [0.25, 0.3) is 0 Å². The summed E-state index contributed by atoms with van der Waals surface area (Å²) in [5, 5.41) is 2.59. The molecule has 0 fully saturated rings. The summed E-state index contributed by atoms with van der Waals surface area (Å²) >= 11 is 0. The van der Waals surface area contributed by atoms with E-state index in [4.69, 9.17) is 5.73 Å². The molecule has 0 aliphatic carbocycles. The molecule has 13 heavy (non-hydrogen) atoms. The molecule has 0 rings (SSSR count). The molecule has 0 aliphatic heterocycles. The number of carbonyl (C=O) groups excluding carboxylic acids is 1. The molecule has 0 radical (unpaired) electrons. The quantitative estimate of drug-likeness (QED) is 0.612. The molecule has 0 aromatic rings. The molecule has 0 saturated heterocycles. The summed E-state index contributed by atoms with van der Waals surface area (Å²) in [6, 6.07) is -0.873. The number of hydrogen-bond acceptors (Lipinski definition) is 4. The van der Waals surface area contributed by atoms with Crippen molar-refractivity contribution in [3.05, 3.63) is 0 Å². The number of amides is 1. The van der Waals surface area contributed by atoms with Gasteiger partial charge in [0.15, 0.2) is 9.84 Å². The molecule has 0 aromatic heterocycles. The first-order valence-corrected chi connectivity index (χ1v) is 5.70. The van der Waals surface area contributed by atoms with Crippen molar-refractivity contribution in [2.24, 2.45) is 5.73 Å². The second kappa shape index (κ2) is 3.63. The number of rotatable bonds is 4. The van der Waals surface area contributed by atoms with Crippen LogP contribution < -0.4 is 11.1 Å². The van der Waals surface area contributed by atoms with Crippen LogP contribution in [0.3, 0.4) is 0 Å². The number of carbonyl (C=O) groups is 1. The van der Waals surface area contributed by atoms with E-state index in [1.807, 2.05) is 0 Å². The Labute approximate surface area is 78.6 Å². The lowest BCUT2D eigenvalue weighted by atomic mass is 10.0. The molecule has 3 N–H and O–H groups in total. The number of nitrogens with two attached hydrogens (primary N) is 1. The fraction of sp³-hybridized carbons (Fsp3) is 0.857. The highest BCUT2D eigenvalue weighted by molar-refractivity contribution is 7.92. The third-order valence-electron chi connectivity index (χ3n) is 2.22. The van der Waals surface area contributed by atoms with Crippen molar-refractivity contribution in [3.63, 3.8) is 0 Å². The number of hydrogen-bond donors (Lipinski definition) is 2. The van der Waals surface area contributed by atoms with E-state index < -0.39 is 26.5 Å². The van der Waals surface area contributed by atoms with Crippen LogP contribution in [0.4, 0.5) is 0 Å². The summed E-state index contributed by atoms with van der Waals surface area (Å²) in [5.41, 5.74) is 5.06. The van der Waals surface area contributed by atoms with Gasteiger partial charge in [0.25, 0.3) is 0 Å². The first-order chi connectivity index (χ1) is 5.64. The lowest BCUT2D eigenvalue weighted by molar-refractivity contribution is -0.120. The Hall–Kier alpha value is -0.620. The van der Waals surface area contributed by atoms with Gasteiger partial charge in [-0.3, -0.25) is 4.79 Å². The van der Waals surface area contributed by atoms with Gasteiger partial charge >= 0.3 is 0 Å². The normalized spacial score (nSPS) is 15.4. The van der Waals surface area contributed by atoms with Gasteiger partial charge in [0.05, 0.1) is 4.75 Å². The molecule has 1 amide bonds. The van der Waals surface area contributed by atoms with Crippen LogP contribution in [0.1, 0.15) is 13.8 Å². The van der Waals surface area contributed by atoms with E-state index in [2.05, 4.69) is 5.32 Å². The van der Waals surface area contributed by atoms with E-state index in [0.29, 0.717) is 0 Å². The van der Waals surface area contributed by atoms with Crippen LogP contribution in [0.15, 0.2) is 0 Å². The minimum Gasteiger partial charge on any atom is -0.368 e. The van der Waals surface area contributed by atoms with Crippen LogP contribution in [-0.2, 0) is 14.6 Å². The monoisotopic (exact) mass is 208 g/mol. The molecule has 1 atom stereocenters. The fourth-order valence-electron chi connectivity index (χ4n) is 1.05. The highest BCUT2D eigenvalue weighted by Gasteiger charge is 2.41. The Morgan fingerprint density at radius 3 is 1.92 bits per heavy atom. The first-order valence-electron chi connectivity index (χ1n) is 3.80. The van der Waals surface area contributed by atoms with Crippen molar-refractivity contribution in [1.82, 2.24) is 5.32 Å². The SMILES string of the molecule is CN[C@H](C(N)=O)C(C)(C)S(C)(=O)=O. The van der Waals surface area contributed by atoms with Crippen LogP contribution in [0, 0.1) is 0 Å². The van der Waals surface area contributed by atoms with Gasteiger partial charge in [-0.1, -0.05) is 0 Å². The van der Waals surface area contributed by atoms with E-state index in [1.165, 1.54) is 20.9 Å². The molecule has 0 aliphatic rings. The molecule has 0 bridgehead atoms. The van der Waals surface area contributed by atoms with Crippen molar-refractivity contribution in [2.45, 2.75) is 24.6 Å². The van der Waals surface area contributed by atoms with Gasteiger partial charge in [-0.15, -0.1) is 0 Å². The lowest BCUT2D eigenvalue weighted by Crippen LogP contribution is -2.57. The van der Waals surface area contributed by atoms with Crippen LogP contribution in [-0.4, -0.2) is 38.4 Å². The van der Waals surface area contributed by atoms with Crippen molar-refractivity contribution < 1.29 is 13.2 Å².